The summed E-state index contributed by atoms with van der Waals surface area (Å²) in [7, 11) is 3.04. The normalized spacial score (nSPS) is 16.2. The second kappa shape index (κ2) is 5.57. The lowest BCUT2D eigenvalue weighted by molar-refractivity contribution is -0.139. The van der Waals surface area contributed by atoms with Crippen molar-refractivity contribution in [1.82, 2.24) is 15.0 Å². The molecule has 1 aromatic heterocycles. The number of carbonyl (C=O) groups excluding carboxylic acids is 1. The lowest BCUT2D eigenvalue weighted by Crippen LogP contribution is -2.20. The quantitative estimate of drug-likeness (QED) is 0.791. The van der Waals surface area contributed by atoms with E-state index in [1.165, 1.54) is 7.11 Å². The van der Waals surface area contributed by atoms with Crippen molar-refractivity contribution in [2.24, 2.45) is 0 Å². The van der Waals surface area contributed by atoms with E-state index in [9.17, 15) is 4.79 Å². The van der Waals surface area contributed by atoms with Crippen molar-refractivity contribution in [2.45, 2.75) is 18.9 Å². The average molecular weight is 352 g/mol. The summed E-state index contributed by atoms with van der Waals surface area (Å²) in [5.41, 5.74) is 3.50. The number of esters is 1. The molecule has 0 bridgehead atoms. The van der Waals surface area contributed by atoms with Crippen LogP contribution in [0.5, 0.6) is 0 Å². The van der Waals surface area contributed by atoms with Crippen LogP contribution in [0.1, 0.15) is 23.1 Å². The molecule has 1 unspecified atom stereocenters. The zero-order valence-corrected chi connectivity index (χ0v) is 13.3. The number of hydrogen-bond acceptors (Lipinski definition) is 5. The Hall–Kier alpha value is -1.73. The Kier molecular flexibility index (Phi) is 3.77. The van der Waals surface area contributed by atoms with Crippen LogP contribution in [-0.4, -0.2) is 35.2 Å². The van der Waals surface area contributed by atoms with Crippen molar-refractivity contribution in [3.8, 4) is 5.69 Å². The Bertz CT molecular complexity index is 699. The molecule has 1 atom stereocenters. The van der Waals surface area contributed by atoms with Crippen LogP contribution in [-0.2, 0) is 27.1 Å². The number of halogens is 1. The van der Waals surface area contributed by atoms with Gasteiger partial charge in [-0.2, -0.15) is 0 Å². The van der Waals surface area contributed by atoms with Gasteiger partial charge in [0.1, 0.15) is 0 Å². The minimum atomic E-state index is -0.325. The maximum absolute atomic E-state index is 11.5. The highest BCUT2D eigenvalue weighted by Crippen LogP contribution is 2.35. The lowest BCUT2D eigenvalue weighted by atomic mass is 9.97. The van der Waals surface area contributed by atoms with Gasteiger partial charge in [0.05, 0.1) is 36.7 Å². The van der Waals surface area contributed by atoms with Gasteiger partial charge in [-0.1, -0.05) is 21.1 Å². The first-order chi connectivity index (χ1) is 10.1. The molecule has 7 heteroatoms. The molecule has 6 nitrogen and oxygen atoms in total. The van der Waals surface area contributed by atoms with Gasteiger partial charge in [0.2, 0.25) is 0 Å². The second-order valence-electron chi connectivity index (χ2n) is 4.78. The predicted octanol–water partition coefficient (Wildman–Crippen LogP) is 1.99. The molecule has 0 fully saturated rings. The molecule has 0 saturated heterocycles. The molecule has 0 aliphatic carbocycles. The van der Waals surface area contributed by atoms with Gasteiger partial charge in [-0.3, -0.25) is 4.79 Å². The first-order valence-corrected chi connectivity index (χ1v) is 7.26. The van der Waals surface area contributed by atoms with Crippen LogP contribution in [0, 0.1) is 0 Å². The lowest BCUT2D eigenvalue weighted by Gasteiger charge is -2.25. The number of carbonyl (C=O) groups is 1. The van der Waals surface area contributed by atoms with Gasteiger partial charge in [0, 0.05) is 23.6 Å². The second-order valence-corrected chi connectivity index (χ2v) is 5.69. The fraction of sp³-hybridized carbons (Fsp3) is 0.357. The molecule has 2 aromatic rings. The van der Waals surface area contributed by atoms with E-state index in [0.717, 1.165) is 21.4 Å². The van der Waals surface area contributed by atoms with Crippen LogP contribution >= 0.6 is 15.9 Å². The fourth-order valence-electron chi connectivity index (χ4n) is 2.55. The SMILES string of the molecule is COC(=O)Cc1nnn2c1CC(OC)c1cc(Br)ccc1-2. The minimum absolute atomic E-state index is 0.0834. The van der Waals surface area contributed by atoms with E-state index in [2.05, 4.69) is 26.2 Å². The predicted molar refractivity (Wildman–Crippen MR) is 78.2 cm³/mol. The van der Waals surface area contributed by atoms with Crippen molar-refractivity contribution in [2.75, 3.05) is 14.2 Å². The summed E-state index contributed by atoms with van der Waals surface area (Å²) in [6.45, 7) is 0. The van der Waals surface area contributed by atoms with Crippen LogP contribution in [0.2, 0.25) is 0 Å². The molecule has 3 rings (SSSR count). The summed E-state index contributed by atoms with van der Waals surface area (Å²) in [5.74, 6) is -0.325. The van der Waals surface area contributed by atoms with E-state index in [0.29, 0.717) is 12.1 Å². The fourth-order valence-corrected chi connectivity index (χ4v) is 2.93. The Morgan fingerprint density at radius 1 is 1.48 bits per heavy atom. The maximum Gasteiger partial charge on any atom is 0.311 e. The van der Waals surface area contributed by atoms with Gasteiger partial charge < -0.3 is 9.47 Å². The number of aromatic nitrogens is 3. The molecule has 1 aliphatic heterocycles. The van der Waals surface area contributed by atoms with Crippen molar-refractivity contribution < 1.29 is 14.3 Å². The molecule has 21 heavy (non-hydrogen) atoms. The molecule has 0 saturated carbocycles. The first kappa shape index (κ1) is 14.2. The number of hydrogen-bond donors (Lipinski definition) is 0. The molecular formula is C14H14BrN3O3. The number of nitrogens with zero attached hydrogens (tertiary/aromatic N) is 3. The molecule has 0 radical (unpaired) electrons. The summed E-state index contributed by atoms with van der Waals surface area (Å²) in [5, 5.41) is 8.29. The van der Waals surface area contributed by atoms with E-state index in [-0.39, 0.29) is 18.5 Å². The Labute approximate surface area is 130 Å². The van der Waals surface area contributed by atoms with E-state index in [1.54, 1.807) is 11.8 Å². The van der Waals surface area contributed by atoms with Crippen LogP contribution in [0.25, 0.3) is 5.69 Å². The van der Waals surface area contributed by atoms with Crippen LogP contribution in [0.15, 0.2) is 22.7 Å². The van der Waals surface area contributed by atoms with Crippen molar-refractivity contribution >= 4 is 21.9 Å². The van der Waals surface area contributed by atoms with Gasteiger partial charge in [-0.15, -0.1) is 5.10 Å². The van der Waals surface area contributed by atoms with Crippen molar-refractivity contribution in [3.63, 3.8) is 0 Å². The van der Waals surface area contributed by atoms with Crippen LogP contribution in [0.3, 0.4) is 0 Å². The summed E-state index contributed by atoms with van der Waals surface area (Å²) in [6, 6.07) is 5.93. The standard InChI is InChI=1S/C14H14BrN3O3/c1-20-13-7-12-10(6-14(19)21-2)16-17-18(12)11-4-3-8(15)5-9(11)13/h3-5,13H,6-7H2,1-2H3. The van der Waals surface area contributed by atoms with Gasteiger partial charge in [0.25, 0.3) is 0 Å². The number of benzene rings is 1. The van der Waals surface area contributed by atoms with E-state index < -0.39 is 0 Å². The highest BCUT2D eigenvalue weighted by molar-refractivity contribution is 9.10. The number of fused-ring (bicyclic) bond motifs is 3. The summed E-state index contributed by atoms with van der Waals surface area (Å²) in [4.78, 5) is 11.5. The summed E-state index contributed by atoms with van der Waals surface area (Å²) < 4.78 is 13.0. The third-order valence-corrected chi connectivity index (χ3v) is 4.10. The average Bonchev–Trinajstić information content (AvgIpc) is 2.88. The molecule has 0 spiro atoms. The van der Waals surface area contributed by atoms with E-state index in [4.69, 9.17) is 9.47 Å². The van der Waals surface area contributed by atoms with Gasteiger partial charge in [-0.25, -0.2) is 4.68 Å². The Balaban J connectivity index is 2.08. The smallest absolute Gasteiger partial charge is 0.311 e. The summed E-state index contributed by atoms with van der Waals surface area (Å²) in [6.07, 6.45) is 0.660. The maximum atomic E-state index is 11.5. The van der Waals surface area contributed by atoms with Crippen LogP contribution in [0.4, 0.5) is 0 Å². The van der Waals surface area contributed by atoms with E-state index >= 15 is 0 Å². The minimum Gasteiger partial charge on any atom is -0.469 e. The van der Waals surface area contributed by atoms with Crippen molar-refractivity contribution in [3.05, 3.63) is 39.6 Å². The third kappa shape index (κ3) is 2.47. The van der Waals surface area contributed by atoms with Crippen LogP contribution < -0.4 is 0 Å². The molecule has 0 amide bonds. The first-order valence-electron chi connectivity index (χ1n) is 6.47. The van der Waals surface area contributed by atoms with Gasteiger partial charge in [0.15, 0.2) is 0 Å². The Morgan fingerprint density at radius 3 is 3.00 bits per heavy atom. The number of rotatable bonds is 3. The summed E-state index contributed by atoms with van der Waals surface area (Å²) >= 11 is 3.47. The van der Waals surface area contributed by atoms with Crippen molar-refractivity contribution in [1.29, 1.82) is 0 Å². The highest BCUT2D eigenvalue weighted by Gasteiger charge is 2.29. The largest absolute Gasteiger partial charge is 0.469 e. The number of ether oxygens (including phenoxy) is 2. The topological polar surface area (TPSA) is 66.2 Å². The molecule has 1 aromatic carbocycles. The zero-order valence-electron chi connectivity index (χ0n) is 11.7. The zero-order chi connectivity index (χ0) is 15.0. The molecule has 110 valence electrons. The molecule has 2 heterocycles. The highest BCUT2D eigenvalue weighted by atomic mass is 79.9. The molecular weight excluding hydrogens is 338 g/mol. The third-order valence-electron chi connectivity index (χ3n) is 3.61. The molecule has 0 N–H and O–H groups in total. The Morgan fingerprint density at radius 2 is 2.29 bits per heavy atom. The van der Waals surface area contributed by atoms with Gasteiger partial charge >= 0.3 is 5.97 Å². The number of methoxy groups -OCH3 is 2. The monoisotopic (exact) mass is 351 g/mol. The van der Waals surface area contributed by atoms with E-state index in [1.807, 2.05) is 18.2 Å². The van der Waals surface area contributed by atoms with Gasteiger partial charge in [-0.05, 0) is 18.2 Å². The molecule has 1 aliphatic rings.